The Labute approximate surface area is 78.1 Å². The molecule has 0 aromatic heterocycles. The summed E-state index contributed by atoms with van der Waals surface area (Å²) >= 11 is 0. The lowest BCUT2D eigenvalue weighted by Crippen LogP contribution is -2.26. The van der Waals surface area contributed by atoms with Crippen LogP contribution in [0.1, 0.15) is 13.3 Å². The molecule has 0 aliphatic rings. The van der Waals surface area contributed by atoms with Crippen LogP contribution in [-0.4, -0.2) is 17.8 Å². The summed E-state index contributed by atoms with van der Waals surface area (Å²) in [5, 5.41) is 9.12. The standard InChI is InChI=1S/C10H15NO2/c1-2-8(11)7-13-10-5-3-4-9(12)6-10/h3-6,8,12H,2,7,11H2,1H3. The Kier molecular flexibility index (Phi) is 3.58. The molecular weight excluding hydrogens is 166 g/mol. The first-order chi connectivity index (χ1) is 6.22. The average Bonchev–Trinajstić information content (AvgIpc) is 2.14. The fourth-order valence-corrected chi connectivity index (χ4v) is 0.894. The summed E-state index contributed by atoms with van der Waals surface area (Å²) in [6.07, 6.45) is 0.888. The monoisotopic (exact) mass is 181 g/mol. The van der Waals surface area contributed by atoms with Gasteiger partial charge in [-0.15, -0.1) is 0 Å². The first kappa shape index (κ1) is 9.86. The number of hydrogen-bond acceptors (Lipinski definition) is 3. The van der Waals surface area contributed by atoms with Gasteiger partial charge < -0.3 is 15.6 Å². The van der Waals surface area contributed by atoms with E-state index < -0.39 is 0 Å². The molecule has 0 radical (unpaired) electrons. The van der Waals surface area contributed by atoms with Crippen molar-refractivity contribution in [3.63, 3.8) is 0 Å². The lowest BCUT2D eigenvalue weighted by Gasteiger charge is -2.10. The molecule has 0 aliphatic carbocycles. The highest BCUT2D eigenvalue weighted by Gasteiger charge is 2.00. The second-order valence-electron chi connectivity index (χ2n) is 2.98. The van der Waals surface area contributed by atoms with Crippen molar-refractivity contribution in [3.05, 3.63) is 24.3 Å². The molecule has 0 spiro atoms. The molecule has 72 valence electrons. The summed E-state index contributed by atoms with van der Waals surface area (Å²) in [7, 11) is 0. The second kappa shape index (κ2) is 4.72. The van der Waals surface area contributed by atoms with Crippen molar-refractivity contribution >= 4 is 0 Å². The molecule has 0 fully saturated rings. The minimum atomic E-state index is 0.0577. The van der Waals surface area contributed by atoms with E-state index in [0.717, 1.165) is 6.42 Å². The number of aromatic hydroxyl groups is 1. The molecule has 0 bridgehead atoms. The van der Waals surface area contributed by atoms with Gasteiger partial charge in [-0.2, -0.15) is 0 Å². The van der Waals surface area contributed by atoms with E-state index in [9.17, 15) is 0 Å². The van der Waals surface area contributed by atoms with E-state index in [1.54, 1.807) is 24.3 Å². The normalized spacial score (nSPS) is 12.5. The van der Waals surface area contributed by atoms with Crippen LogP contribution in [0.3, 0.4) is 0 Å². The molecular formula is C10H15NO2. The average molecular weight is 181 g/mol. The van der Waals surface area contributed by atoms with Crippen molar-refractivity contribution in [2.45, 2.75) is 19.4 Å². The van der Waals surface area contributed by atoms with E-state index in [1.165, 1.54) is 0 Å². The van der Waals surface area contributed by atoms with Gasteiger partial charge in [0.25, 0.3) is 0 Å². The Morgan fingerprint density at radius 3 is 2.92 bits per heavy atom. The predicted molar refractivity (Wildman–Crippen MR) is 51.9 cm³/mol. The Bertz CT molecular complexity index is 263. The van der Waals surface area contributed by atoms with Crippen molar-refractivity contribution in [2.24, 2.45) is 5.73 Å². The van der Waals surface area contributed by atoms with E-state index in [1.807, 2.05) is 6.92 Å². The molecule has 3 heteroatoms. The van der Waals surface area contributed by atoms with Gasteiger partial charge in [-0.1, -0.05) is 13.0 Å². The summed E-state index contributed by atoms with van der Waals surface area (Å²) < 4.78 is 5.35. The number of benzene rings is 1. The van der Waals surface area contributed by atoms with Gasteiger partial charge in [0.05, 0.1) is 0 Å². The Hall–Kier alpha value is -1.22. The lowest BCUT2D eigenvalue weighted by atomic mass is 10.2. The number of rotatable bonds is 4. The molecule has 3 N–H and O–H groups in total. The van der Waals surface area contributed by atoms with Crippen LogP contribution in [0, 0.1) is 0 Å². The number of phenols is 1. The lowest BCUT2D eigenvalue weighted by molar-refractivity contribution is 0.284. The van der Waals surface area contributed by atoms with Gasteiger partial charge in [0.2, 0.25) is 0 Å². The zero-order valence-electron chi connectivity index (χ0n) is 7.73. The Morgan fingerprint density at radius 1 is 1.54 bits per heavy atom. The van der Waals surface area contributed by atoms with Crippen LogP contribution in [0.4, 0.5) is 0 Å². The zero-order chi connectivity index (χ0) is 9.68. The third-order valence-corrected chi connectivity index (χ3v) is 1.81. The second-order valence-corrected chi connectivity index (χ2v) is 2.98. The zero-order valence-corrected chi connectivity index (χ0v) is 7.73. The summed E-state index contributed by atoms with van der Waals surface area (Å²) in [5.41, 5.74) is 5.67. The van der Waals surface area contributed by atoms with E-state index in [4.69, 9.17) is 15.6 Å². The molecule has 3 nitrogen and oxygen atoms in total. The largest absolute Gasteiger partial charge is 0.508 e. The maximum absolute atomic E-state index is 9.12. The summed E-state index contributed by atoms with van der Waals surface area (Å²) in [4.78, 5) is 0. The third kappa shape index (κ3) is 3.34. The Morgan fingerprint density at radius 2 is 2.31 bits per heavy atom. The number of hydrogen-bond donors (Lipinski definition) is 2. The molecule has 0 heterocycles. The molecule has 0 saturated heterocycles. The fourth-order valence-electron chi connectivity index (χ4n) is 0.894. The van der Waals surface area contributed by atoms with Gasteiger partial charge in [0.15, 0.2) is 0 Å². The van der Waals surface area contributed by atoms with E-state index in [0.29, 0.717) is 12.4 Å². The molecule has 1 atom stereocenters. The first-order valence-corrected chi connectivity index (χ1v) is 4.39. The highest BCUT2D eigenvalue weighted by molar-refractivity contribution is 5.31. The first-order valence-electron chi connectivity index (χ1n) is 4.39. The topological polar surface area (TPSA) is 55.5 Å². The summed E-state index contributed by atoms with van der Waals surface area (Å²) in [5.74, 6) is 0.867. The number of ether oxygens (including phenoxy) is 1. The van der Waals surface area contributed by atoms with Crippen LogP contribution in [0.2, 0.25) is 0 Å². The summed E-state index contributed by atoms with van der Waals surface area (Å²) in [6.45, 7) is 2.50. The van der Waals surface area contributed by atoms with Crippen LogP contribution < -0.4 is 10.5 Å². The SMILES string of the molecule is CCC(N)COc1cccc(O)c1. The molecule has 1 aromatic carbocycles. The van der Waals surface area contributed by atoms with Gasteiger partial charge in [-0.3, -0.25) is 0 Å². The molecule has 0 saturated carbocycles. The third-order valence-electron chi connectivity index (χ3n) is 1.81. The Balaban J connectivity index is 2.45. The maximum atomic E-state index is 9.12. The van der Waals surface area contributed by atoms with Gasteiger partial charge in [-0.25, -0.2) is 0 Å². The van der Waals surface area contributed by atoms with Crippen molar-refractivity contribution in [1.29, 1.82) is 0 Å². The number of phenolic OH excluding ortho intramolecular Hbond substituents is 1. The van der Waals surface area contributed by atoms with Crippen molar-refractivity contribution in [2.75, 3.05) is 6.61 Å². The van der Waals surface area contributed by atoms with Gasteiger partial charge in [0.1, 0.15) is 18.1 Å². The van der Waals surface area contributed by atoms with Gasteiger partial charge >= 0.3 is 0 Å². The molecule has 0 amide bonds. The summed E-state index contributed by atoms with van der Waals surface area (Å²) in [6, 6.07) is 6.77. The molecule has 0 aliphatic heterocycles. The van der Waals surface area contributed by atoms with Crippen LogP contribution in [0.25, 0.3) is 0 Å². The van der Waals surface area contributed by atoms with Crippen LogP contribution in [-0.2, 0) is 0 Å². The minimum Gasteiger partial charge on any atom is -0.508 e. The smallest absolute Gasteiger partial charge is 0.123 e. The van der Waals surface area contributed by atoms with E-state index in [2.05, 4.69) is 0 Å². The predicted octanol–water partition coefficient (Wildman–Crippen LogP) is 1.51. The molecule has 13 heavy (non-hydrogen) atoms. The number of nitrogens with two attached hydrogens (primary N) is 1. The molecule has 1 aromatic rings. The van der Waals surface area contributed by atoms with E-state index in [-0.39, 0.29) is 11.8 Å². The van der Waals surface area contributed by atoms with Gasteiger partial charge in [0, 0.05) is 12.1 Å². The van der Waals surface area contributed by atoms with Crippen molar-refractivity contribution in [3.8, 4) is 11.5 Å². The highest BCUT2D eigenvalue weighted by Crippen LogP contribution is 2.17. The fraction of sp³-hybridized carbons (Fsp3) is 0.400. The maximum Gasteiger partial charge on any atom is 0.123 e. The minimum absolute atomic E-state index is 0.0577. The van der Waals surface area contributed by atoms with Gasteiger partial charge in [-0.05, 0) is 18.6 Å². The molecule has 1 rings (SSSR count). The van der Waals surface area contributed by atoms with Crippen molar-refractivity contribution < 1.29 is 9.84 Å². The highest BCUT2D eigenvalue weighted by atomic mass is 16.5. The van der Waals surface area contributed by atoms with Crippen molar-refractivity contribution in [1.82, 2.24) is 0 Å². The molecule has 1 unspecified atom stereocenters. The van der Waals surface area contributed by atoms with Crippen LogP contribution >= 0.6 is 0 Å². The van der Waals surface area contributed by atoms with Crippen LogP contribution in [0.5, 0.6) is 11.5 Å². The van der Waals surface area contributed by atoms with E-state index >= 15 is 0 Å². The van der Waals surface area contributed by atoms with Crippen LogP contribution in [0.15, 0.2) is 24.3 Å². The quantitative estimate of drug-likeness (QED) is 0.740.